The molecular weight excluding hydrogens is 291 g/mol. The lowest BCUT2D eigenvalue weighted by molar-refractivity contribution is 0.582. The Morgan fingerprint density at radius 2 is 2.00 bits per heavy atom. The van der Waals surface area contributed by atoms with Gasteiger partial charge < -0.3 is 0 Å². The second-order valence-corrected chi connectivity index (χ2v) is 6.06. The molecule has 1 unspecified atom stereocenters. The van der Waals surface area contributed by atoms with E-state index in [-0.39, 0.29) is 0 Å². The van der Waals surface area contributed by atoms with Gasteiger partial charge in [0.15, 0.2) is 0 Å². The molecule has 0 fully saturated rings. The summed E-state index contributed by atoms with van der Waals surface area (Å²) in [4.78, 5) is 0. The predicted molar refractivity (Wildman–Crippen MR) is 85.8 cm³/mol. The van der Waals surface area contributed by atoms with Crippen molar-refractivity contribution in [1.82, 2.24) is 9.78 Å². The summed E-state index contributed by atoms with van der Waals surface area (Å²) in [5.74, 6) is 0.998. The van der Waals surface area contributed by atoms with E-state index >= 15 is 0 Å². The molecule has 0 saturated heterocycles. The molecule has 0 radical (unpaired) electrons. The molecule has 0 aliphatic rings. The number of benzene rings is 1. The minimum atomic E-state index is 0.374. The van der Waals surface area contributed by atoms with Crippen molar-refractivity contribution in [2.45, 2.75) is 26.7 Å². The normalized spacial score (nSPS) is 12.7. The highest BCUT2D eigenvalue weighted by molar-refractivity contribution is 6.30. The van der Waals surface area contributed by atoms with E-state index in [9.17, 15) is 0 Å². The van der Waals surface area contributed by atoms with Crippen molar-refractivity contribution < 1.29 is 0 Å². The van der Waals surface area contributed by atoms with E-state index in [0.717, 1.165) is 29.3 Å². The summed E-state index contributed by atoms with van der Waals surface area (Å²) in [7, 11) is 1.87. The highest BCUT2D eigenvalue weighted by atomic mass is 35.5. The van der Waals surface area contributed by atoms with Crippen LogP contribution in [0.3, 0.4) is 0 Å². The van der Waals surface area contributed by atoms with Crippen LogP contribution in [0.25, 0.3) is 0 Å². The molecule has 0 amide bonds. The van der Waals surface area contributed by atoms with E-state index in [0.29, 0.717) is 11.8 Å². The molecule has 0 aliphatic carbocycles. The van der Waals surface area contributed by atoms with Crippen molar-refractivity contribution in [3.63, 3.8) is 0 Å². The Kier molecular flexibility index (Phi) is 5.11. The van der Waals surface area contributed by atoms with E-state index in [4.69, 9.17) is 23.2 Å². The van der Waals surface area contributed by atoms with Gasteiger partial charge in [-0.2, -0.15) is 5.10 Å². The van der Waals surface area contributed by atoms with Crippen molar-refractivity contribution in [3.8, 4) is 0 Å². The number of aromatic nitrogens is 2. The third kappa shape index (κ3) is 3.56. The molecule has 0 aliphatic heterocycles. The van der Waals surface area contributed by atoms with Gasteiger partial charge in [-0.15, -0.1) is 11.6 Å². The van der Waals surface area contributed by atoms with Gasteiger partial charge >= 0.3 is 0 Å². The summed E-state index contributed by atoms with van der Waals surface area (Å²) in [6, 6.07) is 8.58. The number of halogens is 2. The molecule has 0 saturated carbocycles. The maximum absolute atomic E-state index is 6.30. The van der Waals surface area contributed by atoms with Crippen LogP contribution in [-0.2, 0) is 19.9 Å². The SMILES string of the molecule is Cc1cccc(CC(CCl)Cc2c(C)nn(C)c2Cl)c1. The van der Waals surface area contributed by atoms with Gasteiger partial charge in [0.2, 0.25) is 0 Å². The molecule has 1 heterocycles. The van der Waals surface area contributed by atoms with Crippen LogP contribution in [0.15, 0.2) is 24.3 Å². The average Bonchev–Trinajstić information content (AvgIpc) is 2.64. The van der Waals surface area contributed by atoms with Crippen molar-refractivity contribution in [1.29, 1.82) is 0 Å². The topological polar surface area (TPSA) is 17.8 Å². The molecule has 4 heteroatoms. The molecule has 0 bridgehead atoms. The zero-order chi connectivity index (χ0) is 14.7. The quantitative estimate of drug-likeness (QED) is 0.752. The summed E-state index contributed by atoms with van der Waals surface area (Å²) >= 11 is 12.4. The largest absolute Gasteiger partial charge is 0.257 e. The lowest BCUT2D eigenvalue weighted by Gasteiger charge is -2.14. The molecule has 1 aromatic carbocycles. The van der Waals surface area contributed by atoms with Crippen LogP contribution in [-0.4, -0.2) is 15.7 Å². The highest BCUT2D eigenvalue weighted by Gasteiger charge is 2.17. The Balaban J connectivity index is 2.13. The van der Waals surface area contributed by atoms with E-state index < -0.39 is 0 Å². The number of nitrogens with zero attached hydrogens (tertiary/aromatic N) is 2. The zero-order valence-electron chi connectivity index (χ0n) is 12.2. The van der Waals surface area contributed by atoms with Crippen molar-refractivity contribution in [2.75, 3.05) is 5.88 Å². The van der Waals surface area contributed by atoms with Gasteiger partial charge in [0.25, 0.3) is 0 Å². The number of hydrogen-bond donors (Lipinski definition) is 0. The third-order valence-electron chi connectivity index (χ3n) is 3.59. The summed E-state index contributed by atoms with van der Waals surface area (Å²) in [6.07, 6.45) is 1.84. The molecular formula is C16H20Cl2N2. The first kappa shape index (κ1) is 15.4. The number of alkyl halides is 1. The van der Waals surface area contributed by atoms with Gasteiger partial charge in [-0.05, 0) is 38.2 Å². The maximum atomic E-state index is 6.30. The van der Waals surface area contributed by atoms with Gasteiger partial charge in [0.05, 0.1) is 5.69 Å². The van der Waals surface area contributed by atoms with Gasteiger partial charge in [-0.1, -0.05) is 41.4 Å². The first-order valence-electron chi connectivity index (χ1n) is 6.80. The van der Waals surface area contributed by atoms with Crippen LogP contribution in [0.4, 0.5) is 0 Å². The van der Waals surface area contributed by atoms with Crippen molar-refractivity contribution >= 4 is 23.2 Å². The Bertz CT molecular complexity index is 590. The third-order valence-corrected chi connectivity index (χ3v) is 4.50. The number of rotatable bonds is 5. The van der Waals surface area contributed by atoms with Crippen LogP contribution in [0, 0.1) is 19.8 Å². The molecule has 0 N–H and O–H groups in total. The maximum Gasteiger partial charge on any atom is 0.130 e. The lowest BCUT2D eigenvalue weighted by Crippen LogP contribution is -2.11. The lowest BCUT2D eigenvalue weighted by atomic mass is 9.94. The van der Waals surface area contributed by atoms with E-state index in [2.05, 4.69) is 36.3 Å². The first-order valence-corrected chi connectivity index (χ1v) is 7.72. The molecule has 108 valence electrons. The molecule has 2 nitrogen and oxygen atoms in total. The highest BCUT2D eigenvalue weighted by Crippen LogP contribution is 2.24. The van der Waals surface area contributed by atoms with Crippen LogP contribution >= 0.6 is 23.2 Å². The molecule has 2 aromatic rings. The molecule has 1 aromatic heterocycles. The second kappa shape index (κ2) is 6.64. The fourth-order valence-electron chi connectivity index (χ4n) is 2.55. The van der Waals surface area contributed by atoms with Gasteiger partial charge in [-0.25, -0.2) is 0 Å². The summed E-state index contributed by atoms with van der Waals surface area (Å²) < 4.78 is 1.73. The molecule has 20 heavy (non-hydrogen) atoms. The Morgan fingerprint density at radius 1 is 1.25 bits per heavy atom. The average molecular weight is 311 g/mol. The fourth-order valence-corrected chi connectivity index (χ4v) is 3.02. The molecule has 2 rings (SSSR count). The summed E-state index contributed by atoms with van der Waals surface area (Å²) in [5.41, 5.74) is 4.73. The first-order chi connectivity index (χ1) is 9.51. The van der Waals surface area contributed by atoms with Crippen LogP contribution in [0.1, 0.15) is 22.4 Å². The predicted octanol–water partition coefficient (Wildman–Crippen LogP) is 4.33. The monoisotopic (exact) mass is 310 g/mol. The van der Waals surface area contributed by atoms with E-state index in [1.807, 2.05) is 14.0 Å². The van der Waals surface area contributed by atoms with E-state index in [1.54, 1.807) is 4.68 Å². The summed E-state index contributed by atoms with van der Waals surface area (Å²) in [5, 5.41) is 5.08. The Hall–Kier alpha value is -0.990. The van der Waals surface area contributed by atoms with Gasteiger partial charge in [0, 0.05) is 18.5 Å². The standard InChI is InChI=1S/C16H20Cl2N2/c1-11-5-4-6-13(7-11)8-14(10-17)9-15-12(2)19-20(3)16(15)18/h4-7,14H,8-10H2,1-3H3. The minimum absolute atomic E-state index is 0.374. The van der Waals surface area contributed by atoms with Gasteiger partial charge in [0.1, 0.15) is 5.15 Å². The van der Waals surface area contributed by atoms with Crippen molar-refractivity contribution in [3.05, 3.63) is 51.8 Å². The second-order valence-electron chi connectivity index (χ2n) is 5.40. The van der Waals surface area contributed by atoms with Crippen molar-refractivity contribution in [2.24, 2.45) is 13.0 Å². The Morgan fingerprint density at radius 3 is 2.55 bits per heavy atom. The minimum Gasteiger partial charge on any atom is -0.257 e. The molecule has 1 atom stereocenters. The van der Waals surface area contributed by atoms with E-state index in [1.165, 1.54) is 11.1 Å². The smallest absolute Gasteiger partial charge is 0.130 e. The van der Waals surface area contributed by atoms with Crippen LogP contribution < -0.4 is 0 Å². The summed E-state index contributed by atoms with van der Waals surface area (Å²) in [6.45, 7) is 4.11. The van der Waals surface area contributed by atoms with Gasteiger partial charge in [-0.3, -0.25) is 4.68 Å². The van der Waals surface area contributed by atoms with Crippen LogP contribution in [0.5, 0.6) is 0 Å². The zero-order valence-corrected chi connectivity index (χ0v) is 13.7. The fraction of sp³-hybridized carbons (Fsp3) is 0.438. The number of hydrogen-bond acceptors (Lipinski definition) is 1. The molecule has 0 spiro atoms. The van der Waals surface area contributed by atoms with Crippen LogP contribution in [0.2, 0.25) is 5.15 Å². The Labute approximate surface area is 130 Å². The number of aryl methyl sites for hydroxylation is 3.